The highest BCUT2D eigenvalue weighted by Gasteiger charge is 2.22. The van der Waals surface area contributed by atoms with E-state index in [1.54, 1.807) is 47.0 Å². The zero-order valence-electron chi connectivity index (χ0n) is 15.7. The van der Waals surface area contributed by atoms with Gasteiger partial charge in [-0.2, -0.15) is 5.10 Å². The molecule has 0 radical (unpaired) electrons. The quantitative estimate of drug-likeness (QED) is 0.222. The lowest BCUT2D eigenvalue weighted by Crippen LogP contribution is -2.29. The van der Waals surface area contributed by atoms with Crippen molar-refractivity contribution in [2.24, 2.45) is 0 Å². The number of aliphatic hydroxyl groups is 1. The van der Waals surface area contributed by atoms with Crippen molar-refractivity contribution in [3.63, 3.8) is 0 Å². The molecule has 3 aromatic heterocycles. The van der Waals surface area contributed by atoms with Gasteiger partial charge in [0, 0.05) is 40.0 Å². The average molecular weight is 464 g/mol. The first-order valence-electron chi connectivity index (χ1n) is 9.12. The molecule has 0 saturated heterocycles. The Labute approximate surface area is 187 Å². The van der Waals surface area contributed by atoms with Crippen LogP contribution in [0.2, 0.25) is 10.0 Å². The maximum absolute atomic E-state index is 10.7. The number of H-pyrrole nitrogens is 2. The van der Waals surface area contributed by atoms with Gasteiger partial charge < -0.3 is 15.1 Å². The summed E-state index contributed by atoms with van der Waals surface area (Å²) in [5, 5.41) is 20.3. The smallest absolute Gasteiger partial charge is 0.194 e. The van der Waals surface area contributed by atoms with Crippen molar-refractivity contribution < 1.29 is 5.11 Å². The molecule has 0 spiro atoms. The lowest BCUT2D eigenvalue weighted by molar-refractivity contribution is 0.116. The molecule has 156 valence electrons. The van der Waals surface area contributed by atoms with Crippen LogP contribution in [0.5, 0.6) is 0 Å². The van der Waals surface area contributed by atoms with Gasteiger partial charge in [0.05, 0.1) is 17.6 Å². The second-order valence-corrected chi connectivity index (χ2v) is 8.32. The molecule has 3 heterocycles. The van der Waals surface area contributed by atoms with Gasteiger partial charge in [0.1, 0.15) is 12.2 Å². The van der Waals surface area contributed by atoms with Gasteiger partial charge in [0.15, 0.2) is 12.1 Å². The summed E-state index contributed by atoms with van der Waals surface area (Å²) in [6.07, 6.45) is 5.75. The maximum atomic E-state index is 10.7. The Morgan fingerprint density at radius 2 is 1.93 bits per heavy atom. The standard InChI is InChI=1S/C19H19Cl2N7OS/c20-13-3-1-4-14(21)12(13)9-28-11-25-18(27-28)19(29)26-15(17-23-7-8-24-17)10-30-16-5-2-6-22-16/h1-8,11,15,19,22,26,29H,9-10H2,(H,23,24). The van der Waals surface area contributed by atoms with Crippen LogP contribution < -0.4 is 5.32 Å². The maximum Gasteiger partial charge on any atom is 0.194 e. The molecule has 0 amide bonds. The van der Waals surface area contributed by atoms with Crippen LogP contribution in [-0.4, -0.2) is 40.6 Å². The van der Waals surface area contributed by atoms with E-state index in [1.165, 1.54) is 6.33 Å². The van der Waals surface area contributed by atoms with Crippen molar-refractivity contribution in [2.45, 2.75) is 23.8 Å². The fourth-order valence-corrected chi connectivity index (χ4v) is 4.32. The van der Waals surface area contributed by atoms with Gasteiger partial charge in [-0.15, -0.1) is 11.8 Å². The van der Waals surface area contributed by atoms with Crippen molar-refractivity contribution in [3.05, 3.63) is 82.5 Å². The fourth-order valence-electron chi connectivity index (χ4n) is 2.87. The van der Waals surface area contributed by atoms with Gasteiger partial charge in [0.2, 0.25) is 0 Å². The van der Waals surface area contributed by atoms with E-state index >= 15 is 0 Å². The van der Waals surface area contributed by atoms with Crippen LogP contribution in [0.1, 0.15) is 29.5 Å². The third kappa shape index (κ3) is 5.05. The predicted octanol–water partition coefficient (Wildman–Crippen LogP) is 3.80. The first-order valence-corrected chi connectivity index (χ1v) is 10.9. The van der Waals surface area contributed by atoms with Crippen LogP contribution in [0.25, 0.3) is 0 Å². The fraction of sp³-hybridized carbons (Fsp3) is 0.211. The number of benzene rings is 1. The molecule has 4 aromatic rings. The second kappa shape index (κ2) is 9.67. The van der Waals surface area contributed by atoms with Crippen LogP contribution in [0.15, 0.2) is 60.3 Å². The minimum Gasteiger partial charge on any atom is -0.371 e. The van der Waals surface area contributed by atoms with E-state index in [2.05, 4.69) is 30.4 Å². The predicted molar refractivity (Wildman–Crippen MR) is 117 cm³/mol. The van der Waals surface area contributed by atoms with E-state index in [1.807, 2.05) is 18.3 Å². The van der Waals surface area contributed by atoms with Gasteiger partial charge in [-0.05, 0) is 24.3 Å². The molecule has 1 aromatic carbocycles. The molecule has 0 bridgehead atoms. The van der Waals surface area contributed by atoms with Crippen molar-refractivity contribution in [1.29, 1.82) is 0 Å². The van der Waals surface area contributed by atoms with E-state index in [0.717, 1.165) is 16.4 Å². The number of aromatic amines is 2. The number of rotatable bonds is 9. The summed E-state index contributed by atoms with van der Waals surface area (Å²) in [5.74, 6) is 1.61. The van der Waals surface area contributed by atoms with Crippen LogP contribution in [-0.2, 0) is 6.54 Å². The Kier molecular flexibility index (Phi) is 6.76. The summed E-state index contributed by atoms with van der Waals surface area (Å²) in [4.78, 5) is 14.8. The zero-order chi connectivity index (χ0) is 20.9. The lowest BCUT2D eigenvalue weighted by Gasteiger charge is -2.19. The van der Waals surface area contributed by atoms with Crippen molar-refractivity contribution in [1.82, 2.24) is 35.0 Å². The molecule has 0 aliphatic heterocycles. The molecule has 11 heteroatoms. The Bertz CT molecular complexity index is 1050. The third-order valence-electron chi connectivity index (χ3n) is 4.36. The molecule has 4 N–H and O–H groups in total. The molecular weight excluding hydrogens is 445 g/mol. The molecule has 0 aliphatic rings. The number of nitrogens with zero attached hydrogens (tertiary/aromatic N) is 4. The largest absolute Gasteiger partial charge is 0.371 e. The minimum absolute atomic E-state index is 0.242. The highest BCUT2D eigenvalue weighted by atomic mass is 35.5. The summed E-state index contributed by atoms with van der Waals surface area (Å²) in [5.41, 5.74) is 0.746. The molecule has 0 aliphatic carbocycles. The van der Waals surface area contributed by atoms with Crippen LogP contribution >= 0.6 is 35.0 Å². The van der Waals surface area contributed by atoms with Crippen molar-refractivity contribution >= 4 is 35.0 Å². The van der Waals surface area contributed by atoms with Gasteiger partial charge >= 0.3 is 0 Å². The molecule has 30 heavy (non-hydrogen) atoms. The monoisotopic (exact) mass is 463 g/mol. The first kappa shape index (κ1) is 21.0. The summed E-state index contributed by atoms with van der Waals surface area (Å²) in [6.45, 7) is 0.350. The van der Waals surface area contributed by atoms with Crippen molar-refractivity contribution in [2.75, 3.05) is 5.75 Å². The molecule has 0 fully saturated rings. The summed E-state index contributed by atoms with van der Waals surface area (Å²) in [7, 11) is 0. The number of aliphatic hydroxyl groups excluding tert-OH is 1. The van der Waals surface area contributed by atoms with Gasteiger partial charge in [-0.3, -0.25) is 5.32 Å². The van der Waals surface area contributed by atoms with Crippen LogP contribution in [0.3, 0.4) is 0 Å². The summed E-state index contributed by atoms with van der Waals surface area (Å²) >= 11 is 14.1. The molecule has 4 rings (SSSR count). The highest BCUT2D eigenvalue weighted by Crippen LogP contribution is 2.26. The number of hydrogen-bond donors (Lipinski definition) is 4. The lowest BCUT2D eigenvalue weighted by atomic mass is 10.2. The van der Waals surface area contributed by atoms with E-state index in [9.17, 15) is 5.11 Å². The Morgan fingerprint density at radius 3 is 2.63 bits per heavy atom. The van der Waals surface area contributed by atoms with Crippen LogP contribution in [0.4, 0.5) is 0 Å². The molecule has 2 unspecified atom stereocenters. The Hall–Kier alpha value is -2.30. The number of nitrogens with one attached hydrogen (secondary N) is 3. The molecule has 0 saturated carbocycles. The van der Waals surface area contributed by atoms with Crippen LogP contribution in [0, 0.1) is 0 Å². The van der Waals surface area contributed by atoms with Gasteiger partial charge in [-0.1, -0.05) is 29.3 Å². The van der Waals surface area contributed by atoms with Gasteiger partial charge in [0.25, 0.3) is 0 Å². The minimum atomic E-state index is -1.08. The zero-order valence-corrected chi connectivity index (χ0v) is 18.0. The third-order valence-corrected chi connectivity index (χ3v) is 6.14. The summed E-state index contributed by atoms with van der Waals surface area (Å²) in [6, 6.07) is 9.01. The highest BCUT2D eigenvalue weighted by molar-refractivity contribution is 7.99. The van der Waals surface area contributed by atoms with E-state index in [4.69, 9.17) is 23.2 Å². The first-order chi connectivity index (χ1) is 14.6. The average Bonchev–Trinajstić information content (AvgIpc) is 3.50. The van der Waals surface area contributed by atoms with Crippen molar-refractivity contribution in [3.8, 4) is 0 Å². The van der Waals surface area contributed by atoms with E-state index in [-0.39, 0.29) is 11.9 Å². The number of aromatic nitrogens is 6. The molecule has 2 atom stereocenters. The Morgan fingerprint density at radius 1 is 1.10 bits per heavy atom. The topological polar surface area (TPSA) is 107 Å². The van der Waals surface area contributed by atoms with Gasteiger partial charge in [-0.25, -0.2) is 14.6 Å². The summed E-state index contributed by atoms with van der Waals surface area (Å²) < 4.78 is 1.59. The SMILES string of the molecule is OC(NC(CSc1ccc[nH]1)c1ncc[nH]1)c1ncn(Cc2c(Cl)cccc2Cl)n1. The number of halogens is 2. The number of thioether (sulfide) groups is 1. The normalized spacial score (nSPS) is 13.4. The Balaban J connectivity index is 1.44. The van der Waals surface area contributed by atoms with E-state index < -0.39 is 6.23 Å². The number of imidazole rings is 1. The number of hydrogen-bond acceptors (Lipinski definition) is 6. The van der Waals surface area contributed by atoms with E-state index in [0.29, 0.717) is 22.3 Å². The second-order valence-electron chi connectivity index (χ2n) is 6.44. The molecular formula is C19H19Cl2N7OS. The molecule has 8 nitrogen and oxygen atoms in total.